The molecule has 0 fully saturated rings. The molecule has 20 heavy (non-hydrogen) atoms. The van der Waals surface area contributed by atoms with Crippen LogP contribution in [0.3, 0.4) is 0 Å². The standard InChI is InChI=1S/C16H18S4/c1-12(10-14(18-3)11-17-2)9-13-6-7-16(20-13)15-5-4-8-19-15/h4-10H,11H2,1-3H3/b12-9+,14-10-. The van der Waals surface area contributed by atoms with Gasteiger partial charge in [0.25, 0.3) is 0 Å². The zero-order chi connectivity index (χ0) is 14.4. The summed E-state index contributed by atoms with van der Waals surface area (Å²) in [5.41, 5.74) is 1.32. The number of hydrogen-bond donors (Lipinski definition) is 0. The third-order valence-electron chi connectivity index (χ3n) is 2.70. The topological polar surface area (TPSA) is 0 Å². The molecule has 106 valence electrons. The minimum atomic E-state index is 1.09. The van der Waals surface area contributed by atoms with Crippen molar-refractivity contribution in [3.05, 3.63) is 51.1 Å². The SMILES string of the molecule is CSC/C(=C/C(C)=C/c1ccc(-c2cccs2)s1)SC. The lowest BCUT2D eigenvalue weighted by Crippen LogP contribution is -1.81. The Kier molecular flexibility index (Phi) is 6.49. The van der Waals surface area contributed by atoms with Gasteiger partial charge in [0, 0.05) is 20.4 Å². The second kappa shape index (κ2) is 8.13. The predicted molar refractivity (Wildman–Crippen MR) is 101 cm³/mol. The van der Waals surface area contributed by atoms with Crippen molar-refractivity contribution in [3.63, 3.8) is 0 Å². The highest BCUT2D eigenvalue weighted by molar-refractivity contribution is 8.05. The molecule has 2 aromatic heterocycles. The highest BCUT2D eigenvalue weighted by Crippen LogP contribution is 2.32. The molecule has 2 rings (SSSR count). The normalized spacial score (nSPS) is 12.9. The molecule has 2 aromatic rings. The highest BCUT2D eigenvalue weighted by Gasteiger charge is 2.02. The van der Waals surface area contributed by atoms with Crippen LogP contribution in [0, 0.1) is 0 Å². The smallest absolute Gasteiger partial charge is 0.0448 e. The summed E-state index contributed by atoms with van der Waals surface area (Å²) in [6, 6.07) is 8.72. The van der Waals surface area contributed by atoms with Gasteiger partial charge in [-0.25, -0.2) is 0 Å². The minimum absolute atomic E-state index is 1.09. The fourth-order valence-electron chi connectivity index (χ4n) is 1.80. The fourth-order valence-corrected chi connectivity index (χ4v) is 5.15. The lowest BCUT2D eigenvalue weighted by Gasteiger charge is -2.01. The van der Waals surface area contributed by atoms with Gasteiger partial charge in [0.15, 0.2) is 0 Å². The average Bonchev–Trinajstić information content (AvgIpc) is 3.08. The van der Waals surface area contributed by atoms with E-state index < -0.39 is 0 Å². The van der Waals surface area contributed by atoms with E-state index in [2.05, 4.69) is 61.2 Å². The monoisotopic (exact) mass is 338 g/mol. The summed E-state index contributed by atoms with van der Waals surface area (Å²) in [4.78, 5) is 5.47. The molecular formula is C16H18S4. The number of thiophene rings is 2. The molecule has 0 saturated heterocycles. The Labute approximate surface area is 138 Å². The van der Waals surface area contributed by atoms with Crippen LogP contribution in [-0.2, 0) is 0 Å². The van der Waals surface area contributed by atoms with Crippen LogP contribution in [0.4, 0.5) is 0 Å². The summed E-state index contributed by atoms with van der Waals surface area (Å²) in [5.74, 6) is 1.09. The zero-order valence-electron chi connectivity index (χ0n) is 11.9. The maximum atomic E-state index is 2.30. The number of thioether (sulfide) groups is 2. The van der Waals surface area contributed by atoms with Crippen molar-refractivity contribution >= 4 is 52.3 Å². The second-order valence-corrected chi connectivity index (χ2v) is 8.18. The number of rotatable bonds is 6. The molecular weight excluding hydrogens is 320 g/mol. The summed E-state index contributed by atoms with van der Waals surface area (Å²) in [6.45, 7) is 2.18. The Morgan fingerprint density at radius 1 is 1.20 bits per heavy atom. The molecule has 0 aromatic carbocycles. The van der Waals surface area contributed by atoms with Crippen LogP contribution in [0.5, 0.6) is 0 Å². The molecule has 0 spiro atoms. The first-order valence-corrected chi connectivity index (χ1v) is 10.6. The van der Waals surface area contributed by atoms with Crippen LogP contribution in [0.15, 0.2) is 46.2 Å². The molecule has 0 amide bonds. The summed E-state index contributed by atoms with van der Waals surface area (Å²) in [6.07, 6.45) is 8.87. The Morgan fingerprint density at radius 3 is 2.70 bits per heavy atom. The third-order valence-corrected chi connectivity index (χ3v) is 6.37. The van der Waals surface area contributed by atoms with Crippen molar-refractivity contribution in [1.82, 2.24) is 0 Å². The zero-order valence-corrected chi connectivity index (χ0v) is 15.1. The third kappa shape index (κ3) is 4.55. The summed E-state index contributed by atoms with van der Waals surface area (Å²) in [5, 5.41) is 2.13. The molecule has 0 aliphatic carbocycles. The quantitative estimate of drug-likeness (QED) is 0.552. The van der Waals surface area contributed by atoms with E-state index in [1.807, 2.05) is 34.9 Å². The van der Waals surface area contributed by atoms with Gasteiger partial charge in [-0.15, -0.1) is 34.4 Å². The van der Waals surface area contributed by atoms with Gasteiger partial charge in [0.2, 0.25) is 0 Å². The number of allylic oxidation sites excluding steroid dienone is 2. The van der Waals surface area contributed by atoms with Crippen LogP contribution < -0.4 is 0 Å². The molecule has 0 nitrogen and oxygen atoms in total. The summed E-state index contributed by atoms with van der Waals surface area (Å²) in [7, 11) is 0. The van der Waals surface area contributed by atoms with Crippen LogP contribution in [-0.4, -0.2) is 18.3 Å². The first-order chi connectivity index (χ1) is 9.72. The van der Waals surface area contributed by atoms with Gasteiger partial charge in [-0.1, -0.05) is 6.07 Å². The minimum Gasteiger partial charge on any atom is -0.160 e. The van der Waals surface area contributed by atoms with E-state index in [0.717, 1.165) is 5.75 Å². The second-order valence-electron chi connectivity index (χ2n) is 4.32. The predicted octanol–water partition coefficient (Wildman–Crippen LogP) is 6.49. The molecule has 0 bridgehead atoms. The van der Waals surface area contributed by atoms with E-state index in [9.17, 15) is 0 Å². The molecule has 4 heteroatoms. The maximum absolute atomic E-state index is 2.30. The average molecular weight is 339 g/mol. The van der Waals surface area contributed by atoms with Crippen LogP contribution in [0.1, 0.15) is 11.8 Å². The van der Waals surface area contributed by atoms with Gasteiger partial charge in [0.05, 0.1) is 0 Å². The van der Waals surface area contributed by atoms with Gasteiger partial charge >= 0.3 is 0 Å². The van der Waals surface area contributed by atoms with Gasteiger partial charge < -0.3 is 0 Å². The van der Waals surface area contributed by atoms with E-state index in [1.165, 1.54) is 25.1 Å². The Bertz CT molecular complexity index is 588. The van der Waals surface area contributed by atoms with Crippen molar-refractivity contribution in [1.29, 1.82) is 0 Å². The van der Waals surface area contributed by atoms with Crippen molar-refractivity contribution in [3.8, 4) is 9.75 Å². The number of hydrogen-bond acceptors (Lipinski definition) is 4. The Hall–Kier alpha value is -0.420. The summed E-state index contributed by atoms with van der Waals surface area (Å²) >= 11 is 7.37. The molecule has 0 radical (unpaired) electrons. The largest absolute Gasteiger partial charge is 0.160 e. The first kappa shape index (κ1) is 16.0. The van der Waals surface area contributed by atoms with E-state index in [0.29, 0.717) is 0 Å². The molecule has 0 saturated carbocycles. The first-order valence-electron chi connectivity index (χ1n) is 6.28. The molecule has 0 aliphatic heterocycles. The van der Waals surface area contributed by atoms with Crippen molar-refractivity contribution in [2.45, 2.75) is 6.92 Å². The molecule has 0 N–H and O–H groups in total. The summed E-state index contributed by atoms with van der Waals surface area (Å²) < 4.78 is 0. The molecule has 0 aliphatic rings. The Morgan fingerprint density at radius 2 is 2.05 bits per heavy atom. The van der Waals surface area contributed by atoms with E-state index in [4.69, 9.17) is 0 Å². The van der Waals surface area contributed by atoms with Crippen LogP contribution >= 0.6 is 46.2 Å². The van der Waals surface area contributed by atoms with Gasteiger partial charge in [-0.2, -0.15) is 11.8 Å². The fraction of sp³-hybridized carbons (Fsp3) is 0.250. The lowest BCUT2D eigenvalue weighted by molar-refractivity contribution is 1.53. The maximum Gasteiger partial charge on any atom is 0.0448 e. The van der Waals surface area contributed by atoms with Gasteiger partial charge in [0.1, 0.15) is 0 Å². The van der Waals surface area contributed by atoms with Gasteiger partial charge in [-0.05, 0) is 65.6 Å². The van der Waals surface area contributed by atoms with E-state index in [-0.39, 0.29) is 0 Å². The van der Waals surface area contributed by atoms with E-state index in [1.54, 1.807) is 11.3 Å². The van der Waals surface area contributed by atoms with E-state index >= 15 is 0 Å². The van der Waals surface area contributed by atoms with Gasteiger partial charge in [-0.3, -0.25) is 0 Å². The van der Waals surface area contributed by atoms with Crippen LogP contribution in [0.2, 0.25) is 0 Å². The lowest BCUT2D eigenvalue weighted by atomic mass is 10.2. The highest BCUT2D eigenvalue weighted by atomic mass is 32.2. The van der Waals surface area contributed by atoms with Crippen molar-refractivity contribution in [2.24, 2.45) is 0 Å². The van der Waals surface area contributed by atoms with Crippen molar-refractivity contribution in [2.75, 3.05) is 18.3 Å². The molecule has 0 unspecified atom stereocenters. The van der Waals surface area contributed by atoms with Crippen LogP contribution in [0.25, 0.3) is 15.8 Å². The molecule has 2 heterocycles. The molecule has 0 atom stereocenters. The Balaban J connectivity index is 2.14. The van der Waals surface area contributed by atoms with Crippen molar-refractivity contribution < 1.29 is 0 Å².